The van der Waals surface area contributed by atoms with E-state index in [0.717, 1.165) is 5.56 Å². The molecular formula is C12H16BrFO2. The van der Waals surface area contributed by atoms with Crippen LogP contribution in [0.15, 0.2) is 16.6 Å². The van der Waals surface area contributed by atoms with Crippen LogP contribution in [0.2, 0.25) is 0 Å². The number of rotatable bonds is 4. The molecule has 0 radical (unpaired) electrons. The van der Waals surface area contributed by atoms with Crippen LogP contribution in [-0.4, -0.2) is 18.8 Å². The van der Waals surface area contributed by atoms with E-state index in [4.69, 9.17) is 4.74 Å². The number of halogens is 2. The van der Waals surface area contributed by atoms with Crippen molar-refractivity contribution in [1.82, 2.24) is 0 Å². The fourth-order valence-corrected chi connectivity index (χ4v) is 1.92. The first-order valence-electron chi connectivity index (χ1n) is 5.00. The summed E-state index contributed by atoms with van der Waals surface area (Å²) >= 11 is 3.32. The Labute approximate surface area is 104 Å². The molecule has 0 saturated carbocycles. The molecule has 2 nitrogen and oxygen atoms in total. The minimum absolute atomic E-state index is 0.0253. The van der Waals surface area contributed by atoms with Crippen molar-refractivity contribution in [3.63, 3.8) is 0 Å². The molecule has 0 aliphatic carbocycles. The van der Waals surface area contributed by atoms with Gasteiger partial charge in [0.2, 0.25) is 0 Å². The first kappa shape index (κ1) is 13.6. The van der Waals surface area contributed by atoms with Gasteiger partial charge >= 0.3 is 0 Å². The second-order valence-electron chi connectivity index (χ2n) is 4.39. The molecule has 1 N–H and O–H groups in total. The maximum Gasteiger partial charge on any atom is 0.130 e. The molecule has 0 aromatic heterocycles. The van der Waals surface area contributed by atoms with Crippen LogP contribution in [0.1, 0.15) is 25.0 Å². The third kappa shape index (κ3) is 2.81. The van der Waals surface area contributed by atoms with Gasteiger partial charge in [0.25, 0.3) is 0 Å². The summed E-state index contributed by atoms with van der Waals surface area (Å²) in [5, 5.41) is 9.24. The van der Waals surface area contributed by atoms with Gasteiger partial charge in [0, 0.05) is 22.6 Å². The first-order chi connectivity index (χ1) is 7.42. The Morgan fingerprint density at radius 1 is 1.44 bits per heavy atom. The molecule has 0 amide bonds. The van der Waals surface area contributed by atoms with Crippen LogP contribution in [0.5, 0.6) is 0 Å². The van der Waals surface area contributed by atoms with Gasteiger partial charge in [-0.2, -0.15) is 0 Å². The molecule has 0 atom stereocenters. The molecule has 1 aromatic rings. The maximum absolute atomic E-state index is 13.8. The summed E-state index contributed by atoms with van der Waals surface area (Å²) in [6.45, 7) is 3.93. The average Bonchev–Trinajstić information content (AvgIpc) is 2.23. The lowest BCUT2D eigenvalue weighted by Gasteiger charge is -2.23. The van der Waals surface area contributed by atoms with E-state index in [9.17, 15) is 9.50 Å². The molecule has 1 rings (SSSR count). The zero-order valence-electron chi connectivity index (χ0n) is 9.68. The molecule has 0 heterocycles. The molecule has 0 aliphatic rings. The van der Waals surface area contributed by atoms with E-state index in [1.165, 1.54) is 13.2 Å². The third-order valence-electron chi connectivity index (χ3n) is 2.61. The Morgan fingerprint density at radius 2 is 2.06 bits per heavy atom. The Hall–Kier alpha value is -0.450. The van der Waals surface area contributed by atoms with E-state index >= 15 is 0 Å². The van der Waals surface area contributed by atoms with Crippen molar-refractivity contribution in [2.24, 2.45) is 0 Å². The fraction of sp³-hybridized carbons (Fsp3) is 0.500. The van der Waals surface area contributed by atoms with Gasteiger partial charge in [-0.1, -0.05) is 29.8 Å². The predicted molar refractivity (Wildman–Crippen MR) is 64.9 cm³/mol. The monoisotopic (exact) mass is 290 g/mol. The minimum Gasteiger partial charge on any atom is -0.395 e. The number of hydrogen-bond donors (Lipinski definition) is 1. The molecule has 0 saturated heterocycles. The summed E-state index contributed by atoms with van der Waals surface area (Å²) in [4.78, 5) is 0. The van der Waals surface area contributed by atoms with Gasteiger partial charge in [-0.15, -0.1) is 0 Å². The highest BCUT2D eigenvalue weighted by Gasteiger charge is 2.22. The van der Waals surface area contributed by atoms with Gasteiger partial charge in [-0.3, -0.25) is 0 Å². The Morgan fingerprint density at radius 3 is 2.50 bits per heavy atom. The maximum atomic E-state index is 13.8. The first-order valence-corrected chi connectivity index (χ1v) is 5.80. The van der Waals surface area contributed by atoms with E-state index < -0.39 is 5.41 Å². The molecule has 16 heavy (non-hydrogen) atoms. The highest BCUT2D eigenvalue weighted by atomic mass is 79.9. The minimum atomic E-state index is -0.449. The fourth-order valence-electron chi connectivity index (χ4n) is 1.37. The third-order valence-corrected chi connectivity index (χ3v) is 3.31. The second kappa shape index (κ2) is 5.25. The van der Waals surface area contributed by atoms with Crippen LogP contribution < -0.4 is 0 Å². The summed E-state index contributed by atoms with van der Waals surface area (Å²) < 4.78 is 19.4. The van der Waals surface area contributed by atoms with E-state index in [1.807, 2.05) is 19.9 Å². The zero-order chi connectivity index (χ0) is 12.3. The Balaban J connectivity index is 3.19. The van der Waals surface area contributed by atoms with Crippen LogP contribution in [-0.2, 0) is 16.8 Å². The van der Waals surface area contributed by atoms with Crippen LogP contribution in [0.4, 0.5) is 4.39 Å². The number of ether oxygens (including phenoxy) is 1. The highest BCUT2D eigenvalue weighted by Crippen LogP contribution is 2.29. The summed E-state index contributed by atoms with van der Waals surface area (Å²) in [6.07, 6.45) is 0. The lowest BCUT2D eigenvalue weighted by molar-refractivity contribution is 0.180. The Kier molecular flexibility index (Phi) is 4.47. The number of benzene rings is 1. The molecule has 0 fully saturated rings. The van der Waals surface area contributed by atoms with Gasteiger partial charge < -0.3 is 9.84 Å². The van der Waals surface area contributed by atoms with E-state index in [-0.39, 0.29) is 19.0 Å². The number of aliphatic hydroxyl groups is 1. The van der Waals surface area contributed by atoms with Crippen molar-refractivity contribution in [3.05, 3.63) is 33.5 Å². The van der Waals surface area contributed by atoms with E-state index in [1.54, 1.807) is 0 Å². The lowest BCUT2D eigenvalue weighted by Crippen LogP contribution is -2.22. The van der Waals surface area contributed by atoms with Crippen molar-refractivity contribution < 1.29 is 14.2 Å². The SMILES string of the molecule is COCc1c(F)cc(C(C)(C)CO)cc1Br. The summed E-state index contributed by atoms with van der Waals surface area (Å²) in [5.41, 5.74) is 0.814. The topological polar surface area (TPSA) is 29.5 Å². The quantitative estimate of drug-likeness (QED) is 0.924. The van der Waals surface area contributed by atoms with Crippen molar-refractivity contribution in [1.29, 1.82) is 0 Å². The molecule has 0 bridgehead atoms. The smallest absolute Gasteiger partial charge is 0.130 e. The van der Waals surface area contributed by atoms with Crippen LogP contribution >= 0.6 is 15.9 Å². The lowest BCUT2D eigenvalue weighted by atomic mass is 9.85. The van der Waals surface area contributed by atoms with Crippen molar-refractivity contribution in [3.8, 4) is 0 Å². The van der Waals surface area contributed by atoms with Gasteiger partial charge in [-0.25, -0.2) is 4.39 Å². The standard InChI is InChI=1S/C12H16BrFO2/c1-12(2,7-15)8-4-10(13)9(6-16-3)11(14)5-8/h4-5,15H,6-7H2,1-3H3. The number of hydrogen-bond acceptors (Lipinski definition) is 2. The average molecular weight is 291 g/mol. The number of methoxy groups -OCH3 is 1. The number of aliphatic hydroxyl groups excluding tert-OH is 1. The van der Waals surface area contributed by atoms with Crippen molar-refractivity contribution >= 4 is 15.9 Å². The van der Waals surface area contributed by atoms with Gasteiger partial charge in [0.1, 0.15) is 5.82 Å². The van der Waals surface area contributed by atoms with Crippen molar-refractivity contribution in [2.45, 2.75) is 25.9 Å². The largest absolute Gasteiger partial charge is 0.395 e. The summed E-state index contributed by atoms with van der Waals surface area (Å²) in [5.74, 6) is -0.312. The molecule has 4 heteroatoms. The molecular weight excluding hydrogens is 275 g/mol. The van der Waals surface area contributed by atoms with Crippen LogP contribution in [0, 0.1) is 5.82 Å². The predicted octanol–water partition coefficient (Wildman–Crippen LogP) is 3.00. The van der Waals surface area contributed by atoms with Gasteiger partial charge in [-0.05, 0) is 17.7 Å². The molecule has 0 spiro atoms. The molecule has 90 valence electrons. The van der Waals surface area contributed by atoms with Crippen LogP contribution in [0.25, 0.3) is 0 Å². The summed E-state index contributed by atoms with van der Waals surface area (Å²) in [7, 11) is 1.53. The molecule has 1 aromatic carbocycles. The van der Waals surface area contributed by atoms with Gasteiger partial charge in [0.05, 0.1) is 13.2 Å². The summed E-state index contributed by atoms with van der Waals surface area (Å²) in [6, 6.07) is 3.28. The zero-order valence-corrected chi connectivity index (χ0v) is 11.3. The second-order valence-corrected chi connectivity index (χ2v) is 5.25. The van der Waals surface area contributed by atoms with Crippen LogP contribution in [0.3, 0.4) is 0 Å². The highest BCUT2D eigenvalue weighted by molar-refractivity contribution is 9.10. The van der Waals surface area contributed by atoms with E-state index in [2.05, 4.69) is 15.9 Å². The molecule has 0 aliphatic heterocycles. The van der Waals surface area contributed by atoms with E-state index in [0.29, 0.717) is 10.0 Å². The molecule has 0 unspecified atom stereocenters. The normalized spacial score (nSPS) is 11.9. The Bertz CT molecular complexity index is 354. The van der Waals surface area contributed by atoms with Crippen molar-refractivity contribution in [2.75, 3.05) is 13.7 Å². The van der Waals surface area contributed by atoms with Gasteiger partial charge in [0.15, 0.2) is 0 Å².